The number of nitrogens with one attached hydrogen (secondary N) is 1. The summed E-state index contributed by atoms with van der Waals surface area (Å²) in [5.41, 5.74) is 2.21. The Morgan fingerprint density at radius 3 is 2.78 bits per heavy atom. The minimum absolute atomic E-state index is 0.617. The maximum atomic E-state index is 4.59. The second-order valence-electron chi connectivity index (χ2n) is 5.09. The first-order chi connectivity index (χ1) is 8.83. The van der Waals surface area contributed by atoms with Gasteiger partial charge in [0.05, 0.1) is 11.4 Å². The Labute approximate surface area is 108 Å². The molecule has 0 bridgehead atoms. The zero-order valence-corrected chi connectivity index (χ0v) is 10.7. The van der Waals surface area contributed by atoms with E-state index in [1.54, 1.807) is 0 Å². The highest BCUT2D eigenvalue weighted by Crippen LogP contribution is 2.32. The van der Waals surface area contributed by atoms with Crippen LogP contribution in [0.25, 0.3) is 5.69 Å². The largest absolute Gasteiger partial charge is 0.308 e. The molecule has 3 nitrogen and oxygen atoms in total. The Balaban J connectivity index is 1.62. The number of para-hydroxylation sites is 1. The quantitative estimate of drug-likeness (QED) is 0.872. The van der Waals surface area contributed by atoms with Gasteiger partial charge >= 0.3 is 0 Å². The van der Waals surface area contributed by atoms with Gasteiger partial charge in [-0.15, -0.1) is 0 Å². The summed E-state index contributed by atoms with van der Waals surface area (Å²) in [4.78, 5) is 0. The maximum absolute atomic E-state index is 4.59. The van der Waals surface area contributed by atoms with Crippen LogP contribution in [0, 0.1) is 5.92 Å². The van der Waals surface area contributed by atoms with Crippen molar-refractivity contribution in [3.63, 3.8) is 0 Å². The van der Waals surface area contributed by atoms with E-state index in [9.17, 15) is 0 Å². The fourth-order valence-corrected chi connectivity index (χ4v) is 2.21. The van der Waals surface area contributed by atoms with E-state index in [-0.39, 0.29) is 0 Å². The van der Waals surface area contributed by atoms with E-state index in [1.807, 2.05) is 29.1 Å². The molecule has 0 radical (unpaired) electrons. The van der Waals surface area contributed by atoms with Gasteiger partial charge in [0.1, 0.15) is 0 Å². The van der Waals surface area contributed by atoms with Crippen molar-refractivity contribution in [1.29, 1.82) is 0 Å². The molecule has 0 spiro atoms. The molecule has 1 aromatic carbocycles. The lowest BCUT2D eigenvalue weighted by Gasteiger charge is -2.10. The Hall–Kier alpha value is -1.61. The van der Waals surface area contributed by atoms with Crippen molar-refractivity contribution in [3.8, 4) is 5.69 Å². The molecule has 2 aromatic rings. The average molecular weight is 241 g/mol. The molecular formula is C15H19N3. The molecular weight excluding hydrogens is 222 g/mol. The molecule has 1 aliphatic carbocycles. The lowest BCUT2D eigenvalue weighted by molar-refractivity contribution is 0.491. The van der Waals surface area contributed by atoms with Gasteiger partial charge in [-0.05, 0) is 43.9 Å². The lowest BCUT2D eigenvalue weighted by atomic mass is 10.2. The third-order valence-electron chi connectivity index (χ3n) is 3.60. The molecule has 1 atom stereocenters. The van der Waals surface area contributed by atoms with Crippen molar-refractivity contribution < 1.29 is 0 Å². The van der Waals surface area contributed by atoms with Crippen LogP contribution in [-0.2, 0) is 6.54 Å². The minimum atomic E-state index is 0.617. The van der Waals surface area contributed by atoms with Gasteiger partial charge in [-0.1, -0.05) is 18.2 Å². The van der Waals surface area contributed by atoms with Crippen molar-refractivity contribution in [1.82, 2.24) is 15.1 Å². The number of rotatable bonds is 5. The molecule has 1 N–H and O–H groups in total. The highest BCUT2D eigenvalue weighted by Gasteiger charge is 2.27. The summed E-state index contributed by atoms with van der Waals surface area (Å²) >= 11 is 0. The van der Waals surface area contributed by atoms with Gasteiger partial charge in [-0.2, -0.15) is 5.10 Å². The van der Waals surface area contributed by atoms with Gasteiger partial charge in [0, 0.05) is 18.8 Å². The van der Waals surface area contributed by atoms with Crippen molar-refractivity contribution in [3.05, 3.63) is 48.3 Å². The molecule has 0 amide bonds. The molecule has 18 heavy (non-hydrogen) atoms. The summed E-state index contributed by atoms with van der Waals surface area (Å²) < 4.78 is 1.93. The zero-order chi connectivity index (χ0) is 12.4. The summed E-state index contributed by atoms with van der Waals surface area (Å²) in [7, 11) is 0. The van der Waals surface area contributed by atoms with E-state index in [0.29, 0.717) is 6.04 Å². The van der Waals surface area contributed by atoms with E-state index < -0.39 is 0 Å². The Bertz CT molecular complexity index is 499. The Morgan fingerprint density at radius 1 is 1.28 bits per heavy atom. The van der Waals surface area contributed by atoms with Crippen LogP contribution in [0.15, 0.2) is 42.6 Å². The first-order valence-corrected chi connectivity index (χ1v) is 6.66. The molecule has 94 valence electrons. The standard InChI is InChI=1S/C15H19N3/c1-12(13-7-8-13)16-11-14-9-10-18(17-14)15-5-3-2-4-6-15/h2-6,9-10,12-13,16H,7-8,11H2,1H3. The predicted octanol–water partition coefficient (Wildman–Crippen LogP) is 2.76. The highest BCUT2D eigenvalue weighted by molar-refractivity contribution is 5.30. The highest BCUT2D eigenvalue weighted by atomic mass is 15.3. The van der Waals surface area contributed by atoms with Crippen molar-refractivity contribution in [2.45, 2.75) is 32.4 Å². The second-order valence-corrected chi connectivity index (χ2v) is 5.09. The normalized spacial score (nSPS) is 16.7. The molecule has 1 fully saturated rings. The molecule has 1 unspecified atom stereocenters. The van der Waals surface area contributed by atoms with Gasteiger partial charge in [0.2, 0.25) is 0 Å². The van der Waals surface area contributed by atoms with Crippen LogP contribution in [0.3, 0.4) is 0 Å². The van der Waals surface area contributed by atoms with Crippen LogP contribution in [0.2, 0.25) is 0 Å². The molecule has 1 aromatic heterocycles. The van der Waals surface area contributed by atoms with E-state index in [0.717, 1.165) is 23.8 Å². The summed E-state index contributed by atoms with van der Waals surface area (Å²) in [6.07, 6.45) is 4.79. The van der Waals surface area contributed by atoms with Gasteiger partial charge in [0.15, 0.2) is 0 Å². The fourth-order valence-electron chi connectivity index (χ4n) is 2.21. The summed E-state index contributed by atoms with van der Waals surface area (Å²) in [6.45, 7) is 3.13. The topological polar surface area (TPSA) is 29.9 Å². The number of benzene rings is 1. The van der Waals surface area contributed by atoms with Gasteiger partial charge in [0.25, 0.3) is 0 Å². The molecule has 0 saturated heterocycles. The molecule has 1 aliphatic rings. The van der Waals surface area contributed by atoms with E-state index >= 15 is 0 Å². The number of hydrogen-bond acceptors (Lipinski definition) is 2. The number of hydrogen-bond donors (Lipinski definition) is 1. The van der Waals surface area contributed by atoms with Crippen LogP contribution < -0.4 is 5.32 Å². The summed E-state index contributed by atoms with van der Waals surface area (Å²) in [6, 6.07) is 12.9. The van der Waals surface area contributed by atoms with E-state index in [2.05, 4.69) is 35.5 Å². The van der Waals surface area contributed by atoms with E-state index in [1.165, 1.54) is 12.8 Å². The third-order valence-corrected chi connectivity index (χ3v) is 3.60. The second kappa shape index (κ2) is 4.94. The molecule has 3 heteroatoms. The molecule has 0 aliphatic heterocycles. The molecule has 3 rings (SSSR count). The number of aromatic nitrogens is 2. The lowest BCUT2D eigenvalue weighted by Crippen LogP contribution is -2.27. The Morgan fingerprint density at radius 2 is 2.06 bits per heavy atom. The SMILES string of the molecule is CC(NCc1ccn(-c2ccccc2)n1)C1CC1. The summed E-state index contributed by atoms with van der Waals surface area (Å²) in [5, 5.41) is 8.14. The predicted molar refractivity (Wildman–Crippen MR) is 72.6 cm³/mol. The van der Waals surface area contributed by atoms with Crippen LogP contribution in [0.1, 0.15) is 25.5 Å². The van der Waals surface area contributed by atoms with Crippen LogP contribution >= 0.6 is 0 Å². The van der Waals surface area contributed by atoms with Crippen LogP contribution in [-0.4, -0.2) is 15.8 Å². The zero-order valence-electron chi connectivity index (χ0n) is 10.7. The first kappa shape index (κ1) is 11.5. The van der Waals surface area contributed by atoms with Gasteiger partial charge in [-0.3, -0.25) is 0 Å². The third kappa shape index (κ3) is 2.62. The van der Waals surface area contributed by atoms with Crippen molar-refractivity contribution >= 4 is 0 Å². The smallest absolute Gasteiger partial charge is 0.0766 e. The summed E-state index contributed by atoms with van der Waals surface area (Å²) in [5.74, 6) is 0.890. The van der Waals surface area contributed by atoms with Gasteiger partial charge < -0.3 is 5.32 Å². The average Bonchev–Trinajstić information content (AvgIpc) is 3.16. The van der Waals surface area contributed by atoms with Crippen molar-refractivity contribution in [2.24, 2.45) is 5.92 Å². The van der Waals surface area contributed by atoms with Crippen LogP contribution in [0.5, 0.6) is 0 Å². The fraction of sp³-hybridized carbons (Fsp3) is 0.400. The number of nitrogens with zero attached hydrogens (tertiary/aromatic N) is 2. The Kier molecular flexibility index (Phi) is 3.15. The maximum Gasteiger partial charge on any atom is 0.0766 e. The monoisotopic (exact) mass is 241 g/mol. The minimum Gasteiger partial charge on any atom is -0.308 e. The molecule has 1 saturated carbocycles. The van der Waals surface area contributed by atoms with E-state index in [4.69, 9.17) is 0 Å². The molecule has 1 heterocycles. The van der Waals surface area contributed by atoms with Crippen molar-refractivity contribution in [2.75, 3.05) is 0 Å². The first-order valence-electron chi connectivity index (χ1n) is 6.66. The van der Waals surface area contributed by atoms with Gasteiger partial charge in [-0.25, -0.2) is 4.68 Å². The van der Waals surface area contributed by atoms with Crippen LogP contribution in [0.4, 0.5) is 0 Å².